The Labute approximate surface area is 115 Å². The van der Waals surface area contributed by atoms with Crippen LogP contribution in [0.4, 0.5) is 0 Å². The summed E-state index contributed by atoms with van der Waals surface area (Å²) in [7, 11) is 0. The molecule has 0 amide bonds. The summed E-state index contributed by atoms with van der Waals surface area (Å²) in [6, 6.07) is 0. The molecule has 0 heterocycles. The van der Waals surface area contributed by atoms with Gasteiger partial charge in [0.05, 0.1) is 0 Å². The van der Waals surface area contributed by atoms with Gasteiger partial charge in [0.2, 0.25) is 0 Å². The smallest absolute Gasteiger partial charge is 0.131 e. The molecule has 0 aromatic rings. The van der Waals surface area contributed by atoms with Crippen LogP contribution in [-0.2, 0) is 17.1 Å². The van der Waals surface area contributed by atoms with Crippen molar-refractivity contribution in [3.63, 3.8) is 0 Å². The molecule has 2 N–H and O–H groups in total. The van der Waals surface area contributed by atoms with Gasteiger partial charge in [0.15, 0.2) is 0 Å². The molecule has 0 bridgehead atoms. The van der Waals surface area contributed by atoms with Crippen molar-refractivity contribution in [3.8, 4) is 0 Å². The summed E-state index contributed by atoms with van der Waals surface area (Å²) < 4.78 is 0.614. The average molecular weight is 297 g/mol. The molecule has 1 nitrogen and oxygen atoms in total. The van der Waals surface area contributed by atoms with E-state index in [9.17, 15) is 0 Å². The normalized spacial score (nSPS) is 11.9. The van der Waals surface area contributed by atoms with E-state index in [4.69, 9.17) is 18.0 Å². The zero-order chi connectivity index (χ0) is 10.8. The van der Waals surface area contributed by atoms with Crippen molar-refractivity contribution in [2.75, 3.05) is 0 Å². The molecule has 0 saturated carbocycles. The zero-order valence-electron chi connectivity index (χ0n) is 9.72. The van der Waals surface area contributed by atoms with Crippen LogP contribution in [0.3, 0.4) is 0 Å². The molecule has 4 heteroatoms. The molecule has 15 heavy (non-hydrogen) atoms. The monoisotopic (exact) mass is 296 g/mol. The largest absolute Gasteiger partial charge is 0.385 e. The first kappa shape index (κ1) is 18.1. The molecule has 1 radical (unpaired) electrons. The van der Waals surface area contributed by atoms with Gasteiger partial charge in [-0.2, -0.15) is 0 Å². The van der Waals surface area contributed by atoms with E-state index in [2.05, 4.69) is 13.8 Å². The Kier molecular flexibility index (Phi) is 15.5. The molecule has 0 saturated heterocycles. The number of rotatable bonds is 8. The second kappa shape index (κ2) is 12.8. The third-order valence-electron chi connectivity index (χ3n) is 2.29. The van der Waals surface area contributed by atoms with Crippen molar-refractivity contribution in [1.82, 2.24) is 0 Å². The van der Waals surface area contributed by atoms with Gasteiger partial charge in [-0.1, -0.05) is 69.9 Å². The van der Waals surface area contributed by atoms with E-state index >= 15 is 0 Å². The third kappa shape index (κ3) is 12.7. The maximum absolute atomic E-state index is 5.56. The second-order valence-corrected chi connectivity index (χ2v) is 5.74. The topological polar surface area (TPSA) is 26.0 Å². The molecule has 1 atom stereocenters. The van der Waals surface area contributed by atoms with Crippen LogP contribution in [0.15, 0.2) is 0 Å². The van der Waals surface area contributed by atoms with Crippen molar-refractivity contribution >= 4 is 28.3 Å². The minimum Gasteiger partial charge on any atom is -0.385 e. The standard InChI is InChI=1S/C11H23NS2.Cu/c1-3-5-7-9-10(8-6-4-2)14-11(12)13;/h10H,3-9H2,1-2H3,(H2,12,13);. The third-order valence-corrected chi connectivity index (χ3v) is 3.62. The van der Waals surface area contributed by atoms with E-state index in [-0.39, 0.29) is 17.1 Å². The Morgan fingerprint density at radius 2 is 1.67 bits per heavy atom. The number of unbranched alkanes of at least 4 members (excludes halogenated alkanes) is 3. The molecule has 0 spiro atoms. The van der Waals surface area contributed by atoms with Gasteiger partial charge in [-0.05, 0) is 12.8 Å². The molecular weight excluding hydrogens is 274 g/mol. The van der Waals surface area contributed by atoms with Crippen LogP contribution < -0.4 is 5.73 Å². The first-order valence-corrected chi connectivity index (χ1v) is 6.95. The molecule has 0 aliphatic heterocycles. The van der Waals surface area contributed by atoms with Gasteiger partial charge in [0.25, 0.3) is 0 Å². The molecule has 0 rings (SSSR count). The fourth-order valence-electron chi connectivity index (χ4n) is 1.48. The van der Waals surface area contributed by atoms with Gasteiger partial charge < -0.3 is 5.73 Å². The molecule has 0 fully saturated rings. The molecule has 0 aromatic heterocycles. The van der Waals surface area contributed by atoms with E-state index in [1.54, 1.807) is 11.8 Å². The zero-order valence-corrected chi connectivity index (χ0v) is 12.3. The fraction of sp³-hybridized carbons (Fsp3) is 0.909. The number of hydrogen-bond acceptors (Lipinski definition) is 2. The van der Waals surface area contributed by atoms with Crippen LogP contribution in [-0.4, -0.2) is 9.57 Å². The van der Waals surface area contributed by atoms with Crippen molar-refractivity contribution in [1.29, 1.82) is 0 Å². The molecule has 0 aliphatic carbocycles. The Bertz CT molecular complexity index is 154. The summed E-state index contributed by atoms with van der Waals surface area (Å²) in [5.41, 5.74) is 5.56. The van der Waals surface area contributed by atoms with Gasteiger partial charge in [-0.3, -0.25) is 0 Å². The quantitative estimate of drug-likeness (QED) is 0.415. The molecule has 0 aliphatic rings. The van der Waals surface area contributed by atoms with Crippen molar-refractivity contribution < 1.29 is 17.1 Å². The van der Waals surface area contributed by atoms with Crippen molar-refractivity contribution in [2.45, 2.75) is 64.0 Å². The van der Waals surface area contributed by atoms with E-state index in [1.807, 2.05) is 0 Å². The van der Waals surface area contributed by atoms with Crippen LogP contribution >= 0.6 is 24.0 Å². The van der Waals surface area contributed by atoms with Gasteiger partial charge in [-0.15, -0.1) is 0 Å². The average Bonchev–Trinajstić information content (AvgIpc) is 2.13. The number of thiocarbonyl (C=S) groups is 1. The first-order chi connectivity index (χ1) is 6.70. The number of thioether (sulfide) groups is 1. The van der Waals surface area contributed by atoms with Gasteiger partial charge in [-0.25, -0.2) is 0 Å². The summed E-state index contributed by atoms with van der Waals surface area (Å²) in [6.45, 7) is 4.47. The van der Waals surface area contributed by atoms with Crippen LogP contribution in [0.1, 0.15) is 58.8 Å². The summed E-state index contributed by atoms with van der Waals surface area (Å²) in [5.74, 6) is 0. The van der Waals surface area contributed by atoms with Gasteiger partial charge in [0, 0.05) is 22.3 Å². The minimum absolute atomic E-state index is 0. The summed E-state index contributed by atoms with van der Waals surface area (Å²) in [6.07, 6.45) is 9.05. The van der Waals surface area contributed by atoms with Gasteiger partial charge >= 0.3 is 0 Å². The van der Waals surface area contributed by atoms with Gasteiger partial charge in [0.1, 0.15) is 4.32 Å². The van der Waals surface area contributed by atoms with Crippen LogP contribution in [0, 0.1) is 0 Å². The number of nitrogens with two attached hydrogens (primary N) is 1. The molecule has 1 unspecified atom stereocenters. The van der Waals surface area contributed by atoms with Crippen LogP contribution in [0.5, 0.6) is 0 Å². The molecule has 95 valence electrons. The summed E-state index contributed by atoms with van der Waals surface area (Å²) in [5, 5.41) is 0.666. The Hall–Kier alpha value is 0.759. The second-order valence-electron chi connectivity index (χ2n) is 3.70. The van der Waals surface area contributed by atoms with E-state index in [0.29, 0.717) is 9.57 Å². The minimum atomic E-state index is 0. The van der Waals surface area contributed by atoms with E-state index in [0.717, 1.165) is 0 Å². The van der Waals surface area contributed by atoms with Crippen molar-refractivity contribution in [3.05, 3.63) is 0 Å². The van der Waals surface area contributed by atoms with E-state index < -0.39 is 0 Å². The van der Waals surface area contributed by atoms with Crippen molar-refractivity contribution in [2.24, 2.45) is 5.73 Å². The van der Waals surface area contributed by atoms with E-state index in [1.165, 1.54) is 44.9 Å². The molecule has 0 aromatic carbocycles. The molecular formula is C11H23CuNS2. The van der Waals surface area contributed by atoms with Crippen LogP contribution in [0.25, 0.3) is 0 Å². The Balaban J connectivity index is 0. The predicted molar refractivity (Wildman–Crippen MR) is 71.8 cm³/mol. The number of hydrogen-bond donors (Lipinski definition) is 1. The maximum atomic E-state index is 5.56. The maximum Gasteiger partial charge on any atom is 0.131 e. The SMILES string of the molecule is CCCCCC(CCCC)SC(N)=S.[Cu]. The summed E-state index contributed by atoms with van der Waals surface area (Å²) in [4.78, 5) is 0. The predicted octanol–water partition coefficient (Wildman–Crippen LogP) is 4.10. The fourth-order valence-corrected chi connectivity index (χ4v) is 2.79. The summed E-state index contributed by atoms with van der Waals surface area (Å²) >= 11 is 6.64. The van der Waals surface area contributed by atoms with Crippen LogP contribution in [0.2, 0.25) is 0 Å². The first-order valence-electron chi connectivity index (χ1n) is 5.66. The Morgan fingerprint density at radius 1 is 1.13 bits per heavy atom. The Morgan fingerprint density at radius 3 is 2.13 bits per heavy atom.